The van der Waals surface area contributed by atoms with Gasteiger partial charge in [0, 0.05) is 36.9 Å². The molecular weight excluding hydrogens is 246 g/mol. The Labute approximate surface area is 123 Å². The van der Waals surface area contributed by atoms with Crippen molar-refractivity contribution in [3.63, 3.8) is 0 Å². The molecule has 1 heterocycles. The highest BCUT2D eigenvalue weighted by molar-refractivity contribution is 5.04. The molecule has 0 bridgehead atoms. The van der Waals surface area contributed by atoms with Gasteiger partial charge in [-0.2, -0.15) is 0 Å². The molecule has 0 aliphatic heterocycles. The van der Waals surface area contributed by atoms with Crippen LogP contribution < -0.4 is 5.73 Å². The number of nitrogens with two attached hydrogens (primary N) is 1. The smallest absolute Gasteiger partial charge is 0.0416 e. The Bertz CT molecular complexity index is 390. The maximum absolute atomic E-state index is 6.35. The van der Waals surface area contributed by atoms with Gasteiger partial charge in [0.05, 0.1) is 0 Å². The molecule has 2 rings (SSSR count). The number of aromatic nitrogens is 1. The Morgan fingerprint density at radius 1 is 1.35 bits per heavy atom. The number of likely N-dealkylation sites (N-methyl/N-ethyl adjacent to an activating group) is 1. The van der Waals surface area contributed by atoms with Gasteiger partial charge in [0.15, 0.2) is 0 Å². The first-order valence-electron chi connectivity index (χ1n) is 7.93. The molecule has 0 amide bonds. The van der Waals surface area contributed by atoms with Crippen molar-refractivity contribution < 1.29 is 0 Å². The van der Waals surface area contributed by atoms with Crippen molar-refractivity contribution in [3.8, 4) is 0 Å². The second-order valence-electron chi connectivity index (χ2n) is 6.60. The van der Waals surface area contributed by atoms with E-state index in [0.29, 0.717) is 12.1 Å². The van der Waals surface area contributed by atoms with Crippen molar-refractivity contribution in [3.05, 3.63) is 30.1 Å². The van der Waals surface area contributed by atoms with Gasteiger partial charge in [-0.05, 0) is 50.3 Å². The Kier molecular flexibility index (Phi) is 5.55. The standard InChI is InChI=1S/C17H29N3/c1-13(2)14-7-8-16(18)17(12-14)20(3)11-9-15-6-4-5-10-19-15/h4-6,10,13-14,16-17H,7-9,11-12,18H2,1-3H3. The second-order valence-corrected chi connectivity index (χ2v) is 6.60. The normalized spacial score (nSPS) is 27.2. The van der Waals surface area contributed by atoms with Crippen molar-refractivity contribution in [1.29, 1.82) is 0 Å². The second kappa shape index (κ2) is 7.19. The molecule has 1 aliphatic rings. The summed E-state index contributed by atoms with van der Waals surface area (Å²) in [7, 11) is 2.22. The minimum atomic E-state index is 0.332. The summed E-state index contributed by atoms with van der Waals surface area (Å²) in [5.74, 6) is 1.60. The van der Waals surface area contributed by atoms with E-state index in [1.54, 1.807) is 0 Å². The van der Waals surface area contributed by atoms with Crippen molar-refractivity contribution in [2.45, 2.75) is 51.6 Å². The topological polar surface area (TPSA) is 42.1 Å². The molecule has 0 radical (unpaired) electrons. The molecule has 3 atom stereocenters. The number of hydrogen-bond donors (Lipinski definition) is 1. The summed E-state index contributed by atoms with van der Waals surface area (Å²) in [5, 5.41) is 0. The number of hydrogen-bond acceptors (Lipinski definition) is 3. The number of nitrogens with zero attached hydrogens (tertiary/aromatic N) is 2. The quantitative estimate of drug-likeness (QED) is 0.898. The van der Waals surface area contributed by atoms with Gasteiger partial charge in [0.25, 0.3) is 0 Å². The Morgan fingerprint density at radius 2 is 2.15 bits per heavy atom. The van der Waals surface area contributed by atoms with Crippen molar-refractivity contribution in [2.75, 3.05) is 13.6 Å². The molecule has 3 unspecified atom stereocenters. The first-order valence-corrected chi connectivity index (χ1v) is 7.93. The fourth-order valence-electron chi connectivity index (χ4n) is 3.32. The lowest BCUT2D eigenvalue weighted by molar-refractivity contribution is 0.119. The van der Waals surface area contributed by atoms with E-state index in [1.807, 2.05) is 12.3 Å². The SMILES string of the molecule is CC(C)C1CCC(N)C(N(C)CCc2ccccn2)C1. The fraction of sp³-hybridized carbons (Fsp3) is 0.706. The van der Waals surface area contributed by atoms with Crippen LogP contribution in [0.4, 0.5) is 0 Å². The van der Waals surface area contributed by atoms with Gasteiger partial charge in [-0.15, -0.1) is 0 Å². The monoisotopic (exact) mass is 275 g/mol. The highest BCUT2D eigenvalue weighted by Gasteiger charge is 2.31. The van der Waals surface area contributed by atoms with E-state index < -0.39 is 0 Å². The van der Waals surface area contributed by atoms with Crippen LogP contribution in [0, 0.1) is 11.8 Å². The molecule has 0 saturated heterocycles. The lowest BCUT2D eigenvalue weighted by Gasteiger charge is -2.41. The Morgan fingerprint density at radius 3 is 2.80 bits per heavy atom. The van der Waals surface area contributed by atoms with Gasteiger partial charge in [-0.3, -0.25) is 4.98 Å². The van der Waals surface area contributed by atoms with E-state index in [1.165, 1.54) is 25.0 Å². The molecule has 1 aliphatic carbocycles. The molecular formula is C17H29N3. The summed E-state index contributed by atoms with van der Waals surface area (Å²) in [4.78, 5) is 6.85. The zero-order valence-electron chi connectivity index (χ0n) is 13.1. The van der Waals surface area contributed by atoms with Crippen LogP contribution in [0.25, 0.3) is 0 Å². The van der Waals surface area contributed by atoms with Crippen LogP contribution in [0.15, 0.2) is 24.4 Å². The third-order valence-corrected chi connectivity index (χ3v) is 4.87. The van der Waals surface area contributed by atoms with Crippen molar-refractivity contribution in [1.82, 2.24) is 9.88 Å². The highest BCUT2D eigenvalue weighted by Crippen LogP contribution is 2.31. The molecule has 0 aromatic carbocycles. The van der Waals surface area contributed by atoms with Gasteiger partial charge in [-0.1, -0.05) is 19.9 Å². The van der Waals surface area contributed by atoms with E-state index in [2.05, 4.69) is 42.9 Å². The zero-order valence-corrected chi connectivity index (χ0v) is 13.1. The Balaban J connectivity index is 1.88. The van der Waals surface area contributed by atoms with E-state index >= 15 is 0 Å². The van der Waals surface area contributed by atoms with Crippen LogP contribution in [0.1, 0.15) is 38.8 Å². The van der Waals surface area contributed by atoms with Crippen molar-refractivity contribution >= 4 is 0 Å². The van der Waals surface area contributed by atoms with Gasteiger partial charge in [-0.25, -0.2) is 0 Å². The third-order valence-electron chi connectivity index (χ3n) is 4.87. The van der Waals surface area contributed by atoms with Gasteiger partial charge in [0.1, 0.15) is 0 Å². The van der Waals surface area contributed by atoms with Crippen LogP contribution >= 0.6 is 0 Å². The first-order chi connectivity index (χ1) is 9.58. The molecule has 3 nitrogen and oxygen atoms in total. The van der Waals surface area contributed by atoms with Crippen LogP contribution in [0.2, 0.25) is 0 Å². The molecule has 1 aromatic heterocycles. The lowest BCUT2D eigenvalue weighted by atomic mass is 9.76. The molecule has 20 heavy (non-hydrogen) atoms. The molecule has 112 valence electrons. The number of pyridine rings is 1. The maximum Gasteiger partial charge on any atom is 0.0416 e. The van der Waals surface area contributed by atoms with Crippen molar-refractivity contribution in [2.24, 2.45) is 17.6 Å². The Hall–Kier alpha value is -0.930. The van der Waals surface area contributed by atoms with E-state index in [9.17, 15) is 0 Å². The molecule has 3 heteroatoms. The summed E-state index contributed by atoms with van der Waals surface area (Å²) >= 11 is 0. The van der Waals surface area contributed by atoms with Gasteiger partial charge in [0.2, 0.25) is 0 Å². The maximum atomic E-state index is 6.35. The molecule has 2 N–H and O–H groups in total. The summed E-state index contributed by atoms with van der Waals surface area (Å²) < 4.78 is 0. The molecule has 1 aromatic rings. The minimum absolute atomic E-state index is 0.332. The summed E-state index contributed by atoms with van der Waals surface area (Å²) in [6.45, 7) is 5.72. The summed E-state index contributed by atoms with van der Waals surface area (Å²) in [6.07, 6.45) is 6.59. The van der Waals surface area contributed by atoms with Crippen LogP contribution in [0.3, 0.4) is 0 Å². The average Bonchev–Trinajstić information content (AvgIpc) is 2.46. The lowest BCUT2D eigenvalue weighted by Crippen LogP contribution is -2.50. The van der Waals surface area contributed by atoms with Crippen LogP contribution in [-0.4, -0.2) is 35.6 Å². The van der Waals surface area contributed by atoms with Crippen LogP contribution in [-0.2, 0) is 6.42 Å². The van der Waals surface area contributed by atoms with E-state index in [4.69, 9.17) is 5.73 Å². The first kappa shape index (κ1) is 15.5. The minimum Gasteiger partial charge on any atom is -0.326 e. The van der Waals surface area contributed by atoms with Gasteiger partial charge < -0.3 is 10.6 Å². The number of rotatable bonds is 5. The molecule has 0 spiro atoms. The predicted molar refractivity (Wildman–Crippen MR) is 84.5 cm³/mol. The molecule has 1 fully saturated rings. The van der Waals surface area contributed by atoms with E-state index in [0.717, 1.165) is 24.8 Å². The summed E-state index contributed by atoms with van der Waals surface area (Å²) in [6, 6.07) is 6.99. The highest BCUT2D eigenvalue weighted by atomic mass is 15.1. The van der Waals surface area contributed by atoms with Crippen LogP contribution in [0.5, 0.6) is 0 Å². The third kappa shape index (κ3) is 4.03. The van der Waals surface area contributed by atoms with E-state index in [-0.39, 0.29) is 0 Å². The average molecular weight is 275 g/mol. The summed E-state index contributed by atoms with van der Waals surface area (Å²) in [5.41, 5.74) is 7.52. The van der Waals surface area contributed by atoms with Gasteiger partial charge >= 0.3 is 0 Å². The largest absolute Gasteiger partial charge is 0.326 e. The predicted octanol–water partition coefficient (Wildman–Crippen LogP) is 2.71. The zero-order chi connectivity index (χ0) is 14.5. The fourth-order valence-corrected chi connectivity index (χ4v) is 3.32. The molecule has 1 saturated carbocycles.